The Kier molecular flexibility index (Phi) is 4.50. The van der Waals surface area contributed by atoms with E-state index in [1.807, 2.05) is 41.8 Å². The number of aryl methyl sites for hydroxylation is 1. The molecule has 0 saturated carbocycles. The van der Waals surface area contributed by atoms with E-state index in [9.17, 15) is 4.79 Å². The molecule has 112 valence electrons. The van der Waals surface area contributed by atoms with Crippen molar-refractivity contribution in [2.45, 2.75) is 6.92 Å². The summed E-state index contributed by atoms with van der Waals surface area (Å²) in [5.74, 6) is 0.457. The Bertz CT molecular complexity index is 765. The number of rotatable bonds is 5. The molecule has 0 saturated heterocycles. The quantitative estimate of drug-likeness (QED) is 0.763. The summed E-state index contributed by atoms with van der Waals surface area (Å²) in [6.45, 7) is 2.03. The summed E-state index contributed by atoms with van der Waals surface area (Å²) in [6.07, 6.45) is 0. The third-order valence-corrected chi connectivity index (χ3v) is 4.64. The molecule has 0 aliphatic heterocycles. The lowest BCUT2D eigenvalue weighted by molar-refractivity contribution is -0.118. The molecule has 1 N–H and O–H groups in total. The largest absolute Gasteiger partial charge is 0.484 e. The molecule has 0 aliphatic rings. The van der Waals surface area contributed by atoms with Crippen LogP contribution in [-0.4, -0.2) is 17.5 Å². The number of para-hydroxylation sites is 1. The van der Waals surface area contributed by atoms with Crippen molar-refractivity contribution in [1.29, 1.82) is 0 Å². The van der Waals surface area contributed by atoms with Gasteiger partial charge in [0.2, 0.25) is 0 Å². The Balaban J connectivity index is 1.57. The maximum absolute atomic E-state index is 11.9. The van der Waals surface area contributed by atoms with Gasteiger partial charge in [0.05, 0.1) is 10.6 Å². The van der Waals surface area contributed by atoms with E-state index in [0.29, 0.717) is 10.9 Å². The van der Waals surface area contributed by atoms with Crippen LogP contribution in [0.4, 0.5) is 5.13 Å². The molecule has 0 spiro atoms. The zero-order valence-corrected chi connectivity index (χ0v) is 13.5. The van der Waals surface area contributed by atoms with Gasteiger partial charge in [0.15, 0.2) is 11.7 Å². The highest BCUT2D eigenvalue weighted by Gasteiger charge is 2.09. The van der Waals surface area contributed by atoms with Crippen LogP contribution in [0.5, 0.6) is 5.75 Å². The molecular weight excluding hydrogens is 316 g/mol. The lowest BCUT2D eigenvalue weighted by atomic mass is 10.3. The molecule has 1 aromatic carbocycles. The fraction of sp³-hybridized carbons (Fsp3) is 0.125. The predicted molar refractivity (Wildman–Crippen MR) is 90.7 cm³/mol. The lowest BCUT2D eigenvalue weighted by Gasteiger charge is -2.05. The van der Waals surface area contributed by atoms with Gasteiger partial charge in [-0.1, -0.05) is 18.2 Å². The maximum Gasteiger partial charge on any atom is 0.264 e. The van der Waals surface area contributed by atoms with Crippen molar-refractivity contribution < 1.29 is 9.53 Å². The van der Waals surface area contributed by atoms with E-state index in [0.717, 1.165) is 10.6 Å². The smallest absolute Gasteiger partial charge is 0.264 e. The first-order chi connectivity index (χ1) is 10.7. The van der Waals surface area contributed by atoms with Crippen LogP contribution in [0.3, 0.4) is 0 Å². The first-order valence-electron chi connectivity index (χ1n) is 6.71. The van der Waals surface area contributed by atoms with Crippen molar-refractivity contribution in [2.75, 3.05) is 11.9 Å². The number of nitrogens with one attached hydrogen (secondary N) is 1. The van der Waals surface area contributed by atoms with Gasteiger partial charge in [-0.15, -0.1) is 22.7 Å². The summed E-state index contributed by atoms with van der Waals surface area (Å²) in [7, 11) is 0. The number of carbonyl (C=O) groups is 1. The number of anilines is 1. The number of aromatic nitrogens is 1. The first kappa shape index (κ1) is 14.7. The van der Waals surface area contributed by atoms with Gasteiger partial charge in [0.25, 0.3) is 5.91 Å². The molecule has 0 aliphatic carbocycles. The molecule has 2 aromatic heterocycles. The van der Waals surface area contributed by atoms with Crippen molar-refractivity contribution >= 4 is 33.7 Å². The van der Waals surface area contributed by atoms with Gasteiger partial charge >= 0.3 is 0 Å². The summed E-state index contributed by atoms with van der Waals surface area (Å²) in [5, 5.41) is 5.29. The second kappa shape index (κ2) is 6.72. The predicted octanol–water partition coefficient (Wildman–Crippen LogP) is 4.20. The highest BCUT2D eigenvalue weighted by Crippen LogP contribution is 2.30. The van der Waals surface area contributed by atoms with Crippen LogP contribution in [0.2, 0.25) is 0 Å². The summed E-state index contributed by atoms with van der Waals surface area (Å²) < 4.78 is 5.40. The number of hydrogen-bond acceptors (Lipinski definition) is 5. The van der Waals surface area contributed by atoms with Gasteiger partial charge in [0, 0.05) is 10.3 Å². The van der Waals surface area contributed by atoms with Crippen LogP contribution in [0.15, 0.2) is 47.8 Å². The molecule has 0 radical (unpaired) electrons. The summed E-state index contributed by atoms with van der Waals surface area (Å²) in [5.41, 5.74) is 0.891. The molecule has 0 atom stereocenters. The van der Waals surface area contributed by atoms with Crippen LogP contribution in [-0.2, 0) is 4.79 Å². The van der Waals surface area contributed by atoms with E-state index >= 15 is 0 Å². The van der Waals surface area contributed by atoms with Crippen molar-refractivity contribution in [3.8, 4) is 16.3 Å². The molecule has 3 aromatic rings. The average molecular weight is 330 g/mol. The van der Waals surface area contributed by atoms with Crippen LogP contribution in [0, 0.1) is 6.92 Å². The Morgan fingerprint density at radius 2 is 2.05 bits per heavy atom. The van der Waals surface area contributed by atoms with Crippen molar-refractivity contribution in [1.82, 2.24) is 4.98 Å². The zero-order chi connectivity index (χ0) is 15.4. The van der Waals surface area contributed by atoms with Gasteiger partial charge in [0.1, 0.15) is 5.75 Å². The van der Waals surface area contributed by atoms with Crippen LogP contribution in [0.25, 0.3) is 10.6 Å². The second-order valence-electron chi connectivity index (χ2n) is 4.60. The van der Waals surface area contributed by atoms with Gasteiger partial charge in [-0.3, -0.25) is 10.1 Å². The van der Waals surface area contributed by atoms with E-state index in [1.165, 1.54) is 16.2 Å². The fourth-order valence-electron chi connectivity index (χ4n) is 1.84. The Morgan fingerprint density at radius 3 is 2.77 bits per heavy atom. The van der Waals surface area contributed by atoms with E-state index in [1.54, 1.807) is 11.3 Å². The highest BCUT2D eigenvalue weighted by atomic mass is 32.1. The van der Waals surface area contributed by atoms with Gasteiger partial charge < -0.3 is 4.74 Å². The molecular formula is C16H14N2O2S2. The molecule has 3 rings (SSSR count). The molecule has 0 unspecified atom stereocenters. The molecule has 4 nitrogen and oxygen atoms in total. The molecule has 1 amide bonds. The van der Waals surface area contributed by atoms with Crippen LogP contribution >= 0.6 is 22.7 Å². The van der Waals surface area contributed by atoms with E-state index < -0.39 is 0 Å². The second-order valence-corrected chi connectivity index (χ2v) is 6.74. The lowest BCUT2D eigenvalue weighted by Crippen LogP contribution is -2.19. The molecule has 22 heavy (non-hydrogen) atoms. The monoisotopic (exact) mass is 330 g/mol. The number of benzene rings is 1. The maximum atomic E-state index is 11.9. The third-order valence-electron chi connectivity index (χ3n) is 2.86. The Morgan fingerprint density at radius 1 is 1.23 bits per heavy atom. The van der Waals surface area contributed by atoms with Crippen LogP contribution in [0.1, 0.15) is 4.88 Å². The van der Waals surface area contributed by atoms with Crippen molar-refractivity contribution in [3.63, 3.8) is 0 Å². The number of hydrogen-bond donors (Lipinski definition) is 1. The van der Waals surface area contributed by atoms with E-state index in [2.05, 4.69) is 23.3 Å². The standard InChI is InChI=1S/C16H14N2O2S2/c1-11-7-8-14(22-11)13-10-21-16(17-13)18-15(19)9-20-12-5-3-2-4-6-12/h2-8,10H,9H2,1H3,(H,17,18,19). The third kappa shape index (κ3) is 3.72. The Hall–Kier alpha value is -2.18. The van der Waals surface area contributed by atoms with E-state index in [4.69, 9.17) is 4.74 Å². The topological polar surface area (TPSA) is 51.2 Å². The van der Waals surface area contributed by atoms with Crippen molar-refractivity contribution in [3.05, 3.63) is 52.7 Å². The number of thiazole rings is 1. The number of nitrogens with zero attached hydrogens (tertiary/aromatic N) is 1. The van der Waals surface area contributed by atoms with Gasteiger partial charge in [-0.25, -0.2) is 4.98 Å². The molecule has 6 heteroatoms. The SMILES string of the molecule is Cc1ccc(-c2csc(NC(=O)COc3ccccc3)n2)s1. The minimum Gasteiger partial charge on any atom is -0.484 e. The minimum absolute atomic E-state index is 0.0307. The van der Waals surface area contributed by atoms with Gasteiger partial charge in [-0.2, -0.15) is 0 Å². The van der Waals surface area contributed by atoms with Crippen LogP contribution < -0.4 is 10.1 Å². The summed E-state index contributed by atoms with van der Waals surface area (Å²) in [4.78, 5) is 18.6. The molecule has 0 bridgehead atoms. The Labute approximate surface area is 136 Å². The summed E-state index contributed by atoms with van der Waals surface area (Å²) >= 11 is 3.10. The zero-order valence-electron chi connectivity index (χ0n) is 11.9. The van der Waals surface area contributed by atoms with E-state index in [-0.39, 0.29) is 12.5 Å². The summed E-state index contributed by atoms with van der Waals surface area (Å²) in [6, 6.07) is 13.4. The molecule has 2 heterocycles. The average Bonchev–Trinajstić information content (AvgIpc) is 3.15. The number of ether oxygens (including phenoxy) is 1. The van der Waals surface area contributed by atoms with Crippen molar-refractivity contribution in [2.24, 2.45) is 0 Å². The number of carbonyl (C=O) groups excluding carboxylic acids is 1. The number of amides is 1. The highest BCUT2D eigenvalue weighted by molar-refractivity contribution is 7.17. The minimum atomic E-state index is -0.216. The molecule has 0 fully saturated rings. The first-order valence-corrected chi connectivity index (χ1v) is 8.40. The fourth-order valence-corrected chi connectivity index (χ4v) is 3.47. The normalized spacial score (nSPS) is 10.4. The van der Waals surface area contributed by atoms with Gasteiger partial charge in [-0.05, 0) is 31.2 Å². The number of thiophene rings is 1.